The monoisotopic (exact) mass is 298 g/mol. The molecule has 0 aliphatic rings. The summed E-state index contributed by atoms with van der Waals surface area (Å²) in [4.78, 5) is 17.6. The smallest absolute Gasteiger partial charge is 0.229 e. The van der Waals surface area contributed by atoms with Crippen molar-refractivity contribution in [2.45, 2.75) is 26.8 Å². The average molecular weight is 299 g/mol. The highest BCUT2D eigenvalue weighted by atomic mass is 35.5. The Balaban J connectivity index is 2.01. The van der Waals surface area contributed by atoms with Crippen molar-refractivity contribution in [1.29, 1.82) is 0 Å². The summed E-state index contributed by atoms with van der Waals surface area (Å²) in [7, 11) is 0. The molecular weight excluding hydrogens is 284 g/mol. The number of hydrogen-bond donors (Lipinski definition) is 2. The van der Waals surface area contributed by atoms with Crippen molar-refractivity contribution in [1.82, 2.24) is 19.9 Å². The minimum absolute atomic E-state index is 0.177. The normalized spacial score (nSPS) is 10.5. The van der Waals surface area contributed by atoms with Crippen LogP contribution in [-0.4, -0.2) is 26.5 Å². The van der Waals surface area contributed by atoms with Gasteiger partial charge < -0.3 is 10.6 Å². The molecule has 2 rings (SSSR count). The lowest BCUT2D eigenvalue weighted by Crippen LogP contribution is -2.09. The molecule has 8 heteroatoms. The maximum Gasteiger partial charge on any atom is 0.229 e. The first-order chi connectivity index (χ1) is 9.17. The molecule has 2 N–H and O–H groups in total. The van der Waals surface area contributed by atoms with E-state index in [1.54, 1.807) is 11.3 Å². The molecule has 0 saturated carbocycles. The summed E-state index contributed by atoms with van der Waals surface area (Å²) in [5.41, 5.74) is 0. The number of aryl methyl sites for hydroxylation is 1. The molecule has 0 aliphatic heterocycles. The zero-order valence-electron chi connectivity index (χ0n) is 10.8. The highest BCUT2D eigenvalue weighted by Crippen LogP contribution is 2.14. The molecule has 19 heavy (non-hydrogen) atoms. The van der Waals surface area contributed by atoms with Crippen LogP contribution in [0.5, 0.6) is 0 Å². The van der Waals surface area contributed by atoms with Crippen molar-refractivity contribution < 1.29 is 0 Å². The molecule has 2 heterocycles. The largest absolute Gasteiger partial charge is 0.354 e. The number of halogens is 1. The molecule has 0 aromatic carbocycles. The molecule has 0 atom stereocenters. The molecule has 6 nitrogen and oxygen atoms in total. The van der Waals surface area contributed by atoms with Crippen LogP contribution < -0.4 is 10.6 Å². The number of anilines is 2. The van der Waals surface area contributed by atoms with Crippen LogP contribution in [-0.2, 0) is 6.54 Å². The maximum absolute atomic E-state index is 5.86. The van der Waals surface area contributed by atoms with E-state index in [-0.39, 0.29) is 5.28 Å². The van der Waals surface area contributed by atoms with Crippen molar-refractivity contribution in [3.63, 3.8) is 0 Å². The van der Waals surface area contributed by atoms with E-state index in [4.69, 9.17) is 11.6 Å². The molecule has 2 aromatic heterocycles. The Bertz CT molecular complexity index is 544. The number of rotatable bonds is 6. The van der Waals surface area contributed by atoms with Crippen molar-refractivity contribution >= 4 is 34.8 Å². The fourth-order valence-electron chi connectivity index (χ4n) is 1.40. The third-order valence-electron chi connectivity index (χ3n) is 2.23. The Labute approximate surface area is 120 Å². The van der Waals surface area contributed by atoms with Gasteiger partial charge in [0.1, 0.15) is 0 Å². The van der Waals surface area contributed by atoms with E-state index >= 15 is 0 Å². The minimum atomic E-state index is 0.177. The summed E-state index contributed by atoms with van der Waals surface area (Å²) in [6, 6.07) is 0. The lowest BCUT2D eigenvalue weighted by Gasteiger charge is -2.06. The van der Waals surface area contributed by atoms with Gasteiger partial charge in [0.15, 0.2) is 0 Å². The van der Waals surface area contributed by atoms with Crippen LogP contribution in [0.1, 0.15) is 23.2 Å². The van der Waals surface area contributed by atoms with Gasteiger partial charge in [-0.3, -0.25) is 0 Å². The zero-order valence-corrected chi connectivity index (χ0v) is 12.3. The van der Waals surface area contributed by atoms with E-state index in [0.29, 0.717) is 18.4 Å². The van der Waals surface area contributed by atoms with Crippen LogP contribution in [0.25, 0.3) is 0 Å². The molecule has 0 bridgehead atoms. The Morgan fingerprint density at radius 1 is 1.21 bits per heavy atom. The van der Waals surface area contributed by atoms with E-state index in [9.17, 15) is 0 Å². The van der Waals surface area contributed by atoms with E-state index in [0.717, 1.165) is 22.9 Å². The standard InChI is InChI=1S/C11H15ClN6S/c1-3-4-13-10-16-9(12)17-11(18-10)15-6-8-5-14-7(2)19-8/h5H,3-4,6H2,1-2H3,(H2,13,15,16,17,18). The van der Waals surface area contributed by atoms with Gasteiger partial charge in [-0.05, 0) is 24.9 Å². The van der Waals surface area contributed by atoms with Crippen LogP contribution in [0.2, 0.25) is 5.28 Å². The Kier molecular flexibility index (Phi) is 4.86. The molecular formula is C11H15ClN6S. The van der Waals surface area contributed by atoms with Gasteiger partial charge in [-0.15, -0.1) is 11.3 Å². The van der Waals surface area contributed by atoms with Gasteiger partial charge in [0.2, 0.25) is 17.2 Å². The summed E-state index contributed by atoms with van der Waals surface area (Å²) >= 11 is 7.50. The number of nitrogens with one attached hydrogen (secondary N) is 2. The van der Waals surface area contributed by atoms with Crippen molar-refractivity contribution in [3.8, 4) is 0 Å². The van der Waals surface area contributed by atoms with Crippen LogP contribution >= 0.6 is 22.9 Å². The fraction of sp³-hybridized carbons (Fsp3) is 0.455. The molecule has 0 fully saturated rings. The molecule has 0 amide bonds. The number of thiazole rings is 1. The summed E-state index contributed by atoms with van der Waals surface area (Å²) in [5.74, 6) is 0.953. The number of aromatic nitrogens is 4. The predicted octanol–water partition coefficient (Wildman–Crippen LogP) is 2.72. The van der Waals surface area contributed by atoms with Crippen LogP contribution in [0.15, 0.2) is 6.20 Å². The molecule has 0 spiro atoms. The molecule has 0 radical (unpaired) electrons. The second kappa shape index (κ2) is 6.63. The van der Waals surface area contributed by atoms with Gasteiger partial charge in [-0.25, -0.2) is 4.98 Å². The second-order valence-electron chi connectivity index (χ2n) is 3.88. The lowest BCUT2D eigenvalue weighted by atomic mass is 10.5. The Morgan fingerprint density at radius 3 is 2.58 bits per heavy atom. The van der Waals surface area contributed by atoms with Gasteiger partial charge in [0.25, 0.3) is 0 Å². The van der Waals surface area contributed by atoms with E-state index in [1.165, 1.54) is 0 Å². The fourth-order valence-corrected chi connectivity index (χ4v) is 2.29. The van der Waals surface area contributed by atoms with Crippen LogP contribution in [0.4, 0.5) is 11.9 Å². The number of nitrogens with zero attached hydrogens (tertiary/aromatic N) is 4. The summed E-state index contributed by atoms with van der Waals surface area (Å²) < 4.78 is 0. The minimum Gasteiger partial charge on any atom is -0.354 e. The third kappa shape index (κ3) is 4.29. The van der Waals surface area contributed by atoms with Gasteiger partial charge in [-0.2, -0.15) is 15.0 Å². The third-order valence-corrected chi connectivity index (χ3v) is 3.31. The molecule has 0 unspecified atom stereocenters. The Hall–Kier alpha value is -1.47. The number of hydrogen-bond acceptors (Lipinski definition) is 7. The predicted molar refractivity (Wildman–Crippen MR) is 77.8 cm³/mol. The van der Waals surface area contributed by atoms with E-state index < -0.39 is 0 Å². The SMILES string of the molecule is CCCNc1nc(Cl)nc(NCc2cnc(C)s2)n1. The van der Waals surface area contributed by atoms with Gasteiger partial charge >= 0.3 is 0 Å². The summed E-state index contributed by atoms with van der Waals surface area (Å²) in [6.07, 6.45) is 2.83. The van der Waals surface area contributed by atoms with E-state index in [1.807, 2.05) is 13.1 Å². The lowest BCUT2D eigenvalue weighted by molar-refractivity contribution is 0.933. The first-order valence-corrected chi connectivity index (χ1v) is 7.17. The van der Waals surface area contributed by atoms with Crippen molar-refractivity contribution in [2.75, 3.05) is 17.2 Å². The summed E-state index contributed by atoms with van der Waals surface area (Å²) in [5, 5.41) is 7.41. The second-order valence-corrected chi connectivity index (χ2v) is 5.53. The highest BCUT2D eigenvalue weighted by molar-refractivity contribution is 7.11. The zero-order chi connectivity index (χ0) is 13.7. The van der Waals surface area contributed by atoms with E-state index in [2.05, 4.69) is 37.5 Å². The van der Waals surface area contributed by atoms with Crippen LogP contribution in [0.3, 0.4) is 0 Å². The van der Waals surface area contributed by atoms with Gasteiger partial charge in [0, 0.05) is 17.6 Å². The van der Waals surface area contributed by atoms with Gasteiger partial charge in [0.05, 0.1) is 11.6 Å². The summed E-state index contributed by atoms with van der Waals surface area (Å²) in [6.45, 7) is 5.47. The highest BCUT2D eigenvalue weighted by Gasteiger charge is 2.05. The quantitative estimate of drug-likeness (QED) is 0.854. The molecule has 2 aromatic rings. The maximum atomic E-state index is 5.86. The molecule has 0 aliphatic carbocycles. The first-order valence-electron chi connectivity index (χ1n) is 5.98. The average Bonchev–Trinajstić information content (AvgIpc) is 2.79. The molecule has 0 saturated heterocycles. The molecule has 102 valence electrons. The van der Waals surface area contributed by atoms with Crippen molar-refractivity contribution in [2.24, 2.45) is 0 Å². The van der Waals surface area contributed by atoms with Crippen molar-refractivity contribution in [3.05, 3.63) is 21.4 Å². The van der Waals surface area contributed by atoms with Gasteiger partial charge in [-0.1, -0.05) is 6.92 Å². The Morgan fingerprint density at radius 2 is 1.95 bits per heavy atom. The van der Waals surface area contributed by atoms with Crippen LogP contribution in [0, 0.1) is 6.92 Å². The first kappa shape index (κ1) is 14.0. The topological polar surface area (TPSA) is 75.6 Å².